The summed E-state index contributed by atoms with van der Waals surface area (Å²) < 4.78 is 30.0. The van der Waals surface area contributed by atoms with Gasteiger partial charge in [0.1, 0.15) is 36.5 Å². The average molecular weight is 844 g/mol. The monoisotopic (exact) mass is 843 g/mol. The van der Waals surface area contributed by atoms with E-state index in [1.54, 1.807) is 13.8 Å². The zero-order valence-corrected chi connectivity index (χ0v) is 33.0. The third kappa shape index (κ3) is 15.5. The maximum absolute atomic E-state index is 13.8. The number of halogens is 1. The quantitative estimate of drug-likeness (QED) is 0.104. The molecule has 0 unspecified atom stereocenters. The van der Waals surface area contributed by atoms with Crippen LogP contribution in [0.4, 0.5) is 4.39 Å². The molecule has 7 amide bonds. The normalized spacial score (nSPS) is 22.2. The summed E-state index contributed by atoms with van der Waals surface area (Å²) in [6, 6.07) is -1.61. The Bertz CT molecular complexity index is 1780. The van der Waals surface area contributed by atoms with Crippen molar-refractivity contribution in [3.63, 3.8) is 0 Å². The molecule has 0 saturated carbocycles. The van der Waals surface area contributed by atoms with Crippen LogP contribution in [0.25, 0.3) is 0 Å². The van der Waals surface area contributed by atoms with E-state index < -0.39 is 105 Å². The van der Waals surface area contributed by atoms with Gasteiger partial charge in [0.05, 0.1) is 31.3 Å². The minimum atomic E-state index is -5.29. The fraction of sp³-hybridized carbons (Fsp3) is 0.515. The number of primary amides is 1. The van der Waals surface area contributed by atoms with Crippen LogP contribution >= 0.6 is 19.6 Å². The van der Waals surface area contributed by atoms with Crippen LogP contribution < -0.4 is 27.0 Å². The van der Waals surface area contributed by atoms with Gasteiger partial charge in [0.2, 0.25) is 41.4 Å². The number of nitrogens with zero attached hydrogens (tertiary/aromatic N) is 3. The number of imidazole rings is 1. The lowest BCUT2D eigenvalue weighted by molar-refractivity contribution is -0.142. The lowest BCUT2D eigenvalue weighted by Gasteiger charge is -2.29. The number of aliphatic hydroxyl groups excluding tert-OH is 1. The number of aromatic nitrogens is 2. The number of amides is 7. The van der Waals surface area contributed by atoms with Crippen LogP contribution in [0.5, 0.6) is 0 Å². The van der Waals surface area contributed by atoms with Gasteiger partial charge < -0.3 is 56.7 Å². The van der Waals surface area contributed by atoms with Crippen LogP contribution in [0.1, 0.15) is 32.0 Å². The summed E-state index contributed by atoms with van der Waals surface area (Å²) in [5, 5.41) is 19.3. The number of benzene rings is 1. The molecule has 2 aromatic rings. The SMILES string of the molecule is CC(C)CN1CC(=O)N[C@@H](Cc2cnc[nH]2)C(=O)N[C@@H](CO)C(=O)N[C@@H]([C@@H](C)OP(=O)(O)O)C(=O)N[C@@H](C(N)=O)CSCC(=O)N(Cc2ccc(F)cc2)CC1=O. The van der Waals surface area contributed by atoms with E-state index in [0.29, 0.717) is 11.3 Å². The van der Waals surface area contributed by atoms with Crippen LogP contribution in [0, 0.1) is 11.7 Å². The van der Waals surface area contributed by atoms with Crippen molar-refractivity contribution in [3.8, 4) is 0 Å². The second kappa shape index (κ2) is 21.6. The van der Waals surface area contributed by atoms with Crippen molar-refractivity contribution in [1.29, 1.82) is 0 Å². The average Bonchev–Trinajstić information content (AvgIpc) is 3.63. The minimum Gasteiger partial charge on any atom is -0.394 e. The van der Waals surface area contributed by atoms with Crippen molar-refractivity contribution in [1.82, 2.24) is 41.0 Å². The van der Waals surface area contributed by atoms with Crippen LogP contribution in [-0.2, 0) is 55.6 Å². The molecular formula is C33H47FN9O12PS. The number of hydrogen-bond acceptors (Lipinski definition) is 12. The summed E-state index contributed by atoms with van der Waals surface area (Å²) in [5.74, 6) is -8.11. The van der Waals surface area contributed by atoms with E-state index in [4.69, 9.17) is 5.73 Å². The molecule has 10 N–H and O–H groups in total. The summed E-state index contributed by atoms with van der Waals surface area (Å²) in [5.41, 5.74) is 6.34. The number of H-pyrrole nitrogens is 1. The molecule has 1 fully saturated rings. The molecular weight excluding hydrogens is 796 g/mol. The van der Waals surface area contributed by atoms with Gasteiger partial charge in [-0.1, -0.05) is 26.0 Å². The number of thioether (sulfide) groups is 1. The van der Waals surface area contributed by atoms with E-state index >= 15 is 0 Å². The predicted octanol–water partition coefficient (Wildman–Crippen LogP) is -2.73. The van der Waals surface area contributed by atoms with Crippen molar-refractivity contribution in [2.45, 2.75) is 64.0 Å². The number of nitrogens with two attached hydrogens (primary N) is 1. The highest BCUT2D eigenvalue weighted by atomic mass is 32.2. The second-order valence-corrected chi connectivity index (χ2v) is 15.7. The summed E-state index contributed by atoms with van der Waals surface area (Å²) in [6.45, 7) is 2.29. The number of carbonyl (C=O) groups excluding carboxylic acids is 7. The fourth-order valence-corrected chi connectivity index (χ4v) is 6.96. The van der Waals surface area contributed by atoms with E-state index in [9.17, 15) is 57.4 Å². The Kier molecular flexibility index (Phi) is 17.6. The number of rotatable bonds is 11. The predicted molar refractivity (Wildman–Crippen MR) is 199 cm³/mol. The number of phosphoric ester groups is 1. The standard InChI is InChI=1S/C33H47FN9O12PS/c1-18(2)10-42-12-26(45)38-23(8-22-9-36-17-37-22)31(49)39-24(14-44)32(50)41-29(19(3)55-56(52,53)54)33(51)40-25(30(35)48)15-57-16-28(47)43(13-27(42)46)11-20-4-6-21(34)7-5-20/h4-7,9,17-19,23-25,29,44H,8,10-16H2,1-3H3,(H2,35,48)(H,36,37)(H,38,45)(H,39,49)(H,40,51)(H,41,50)(H2,52,53,54)/t19-,23+,24+,25-,29+/m1/s1. The molecule has 1 aliphatic heterocycles. The number of carbonyl (C=O) groups is 7. The molecule has 21 nitrogen and oxygen atoms in total. The third-order valence-electron chi connectivity index (χ3n) is 8.21. The maximum atomic E-state index is 13.8. The Morgan fingerprint density at radius 2 is 1.63 bits per heavy atom. The van der Waals surface area contributed by atoms with Crippen LogP contribution in [0.3, 0.4) is 0 Å². The van der Waals surface area contributed by atoms with Crippen molar-refractivity contribution >= 4 is 60.9 Å². The lowest BCUT2D eigenvalue weighted by atomic mass is 10.1. The zero-order chi connectivity index (χ0) is 42.4. The fourth-order valence-electron chi connectivity index (χ4n) is 5.45. The number of hydrogen-bond donors (Lipinski definition) is 9. The maximum Gasteiger partial charge on any atom is 0.469 e. The van der Waals surface area contributed by atoms with Gasteiger partial charge in [-0.2, -0.15) is 0 Å². The molecule has 314 valence electrons. The first-order valence-corrected chi connectivity index (χ1v) is 20.1. The van der Waals surface area contributed by atoms with Gasteiger partial charge in [0.15, 0.2) is 0 Å². The van der Waals surface area contributed by atoms with Crippen LogP contribution in [0.15, 0.2) is 36.8 Å². The zero-order valence-electron chi connectivity index (χ0n) is 31.3. The number of aliphatic hydroxyl groups is 1. The van der Waals surface area contributed by atoms with Gasteiger partial charge in [0, 0.05) is 37.2 Å². The first kappa shape index (κ1) is 46.5. The Hall–Kier alpha value is -4.93. The Morgan fingerprint density at radius 3 is 2.21 bits per heavy atom. The summed E-state index contributed by atoms with van der Waals surface area (Å²) in [6.07, 6.45) is 0.662. The molecule has 1 aromatic heterocycles. The Morgan fingerprint density at radius 1 is 0.965 bits per heavy atom. The summed E-state index contributed by atoms with van der Waals surface area (Å²) >= 11 is 0.821. The van der Waals surface area contributed by atoms with Crippen LogP contribution in [0.2, 0.25) is 0 Å². The highest BCUT2D eigenvalue weighted by molar-refractivity contribution is 8.00. The smallest absolute Gasteiger partial charge is 0.394 e. The molecule has 0 bridgehead atoms. The molecule has 0 radical (unpaired) electrons. The molecule has 0 aliphatic carbocycles. The summed E-state index contributed by atoms with van der Waals surface area (Å²) in [7, 11) is -5.29. The van der Waals surface area contributed by atoms with Gasteiger partial charge >= 0.3 is 7.82 Å². The highest BCUT2D eigenvalue weighted by Crippen LogP contribution is 2.38. The first-order valence-electron chi connectivity index (χ1n) is 17.5. The molecule has 1 aliphatic rings. The van der Waals surface area contributed by atoms with E-state index in [2.05, 4.69) is 35.8 Å². The van der Waals surface area contributed by atoms with Gasteiger partial charge in [0.25, 0.3) is 0 Å². The molecule has 1 aromatic carbocycles. The van der Waals surface area contributed by atoms with Crippen LogP contribution in [-0.4, -0.2) is 144 Å². The second-order valence-electron chi connectivity index (χ2n) is 13.5. The minimum absolute atomic E-state index is 0.0507. The summed E-state index contributed by atoms with van der Waals surface area (Å²) in [4.78, 5) is 122. The van der Waals surface area contributed by atoms with E-state index in [-0.39, 0.29) is 36.9 Å². The number of phosphoric acid groups is 1. The van der Waals surface area contributed by atoms with Gasteiger partial charge in [-0.05, 0) is 30.5 Å². The van der Waals surface area contributed by atoms with E-state index in [1.165, 1.54) is 41.7 Å². The van der Waals surface area contributed by atoms with Crippen molar-refractivity contribution in [3.05, 3.63) is 53.9 Å². The van der Waals surface area contributed by atoms with Gasteiger partial charge in [-0.25, -0.2) is 13.9 Å². The molecule has 24 heteroatoms. The largest absolute Gasteiger partial charge is 0.469 e. The van der Waals surface area contributed by atoms with E-state index in [0.717, 1.165) is 23.6 Å². The van der Waals surface area contributed by atoms with Gasteiger partial charge in [-0.3, -0.25) is 38.1 Å². The van der Waals surface area contributed by atoms with Crippen molar-refractivity contribution in [2.24, 2.45) is 11.7 Å². The molecule has 0 spiro atoms. The van der Waals surface area contributed by atoms with E-state index in [1.807, 2.05) is 0 Å². The lowest BCUT2D eigenvalue weighted by Crippen LogP contribution is -2.62. The Balaban J connectivity index is 2.06. The number of nitrogens with one attached hydrogen (secondary N) is 5. The molecule has 3 rings (SSSR count). The first-order chi connectivity index (χ1) is 26.8. The molecule has 1 saturated heterocycles. The Labute approximate surface area is 330 Å². The molecule has 2 heterocycles. The van der Waals surface area contributed by atoms with Crippen molar-refractivity contribution in [2.75, 3.05) is 37.7 Å². The van der Waals surface area contributed by atoms with Crippen molar-refractivity contribution < 1.29 is 61.9 Å². The highest BCUT2D eigenvalue weighted by Gasteiger charge is 2.37. The molecule has 5 atom stereocenters. The number of aromatic amines is 1. The van der Waals surface area contributed by atoms with Gasteiger partial charge in [-0.15, -0.1) is 11.8 Å². The molecule has 57 heavy (non-hydrogen) atoms. The topological polar surface area (TPSA) is 316 Å². The third-order valence-corrected chi connectivity index (χ3v) is 9.83.